The van der Waals surface area contributed by atoms with Crippen LogP contribution in [0.1, 0.15) is 5.56 Å². The Morgan fingerprint density at radius 1 is 1.12 bits per heavy atom. The molecular weight excluding hydrogens is 198 g/mol. The van der Waals surface area contributed by atoms with Gasteiger partial charge in [0.15, 0.2) is 0 Å². The number of nitrogens with zero attached hydrogens (tertiary/aromatic N) is 2. The van der Waals surface area contributed by atoms with Gasteiger partial charge in [-0.15, -0.1) is 0 Å². The summed E-state index contributed by atoms with van der Waals surface area (Å²) in [6.45, 7) is 0.857. The highest BCUT2D eigenvalue weighted by Crippen LogP contribution is 2.07. The van der Waals surface area contributed by atoms with E-state index in [1.165, 1.54) is 5.56 Å². The zero-order chi connectivity index (χ0) is 11.2. The van der Waals surface area contributed by atoms with Crippen molar-refractivity contribution in [2.75, 3.05) is 12.5 Å². The van der Waals surface area contributed by atoms with Gasteiger partial charge in [-0.25, -0.2) is 5.01 Å². The molecule has 3 heteroatoms. The van der Waals surface area contributed by atoms with E-state index in [4.69, 9.17) is 0 Å². The Morgan fingerprint density at radius 3 is 2.62 bits per heavy atom. The Morgan fingerprint density at radius 2 is 1.94 bits per heavy atom. The van der Waals surface area contributed by atoms with Crippen LogP contribution >= 0.6 is 0 Å². The fraction of sp³-hybridized carbons (Fsp3) is 0.154. The van der Waals surface area contributed by atoms with E-state index in [1.807, 2.05) is 48.6 Å². The molecule has 0 fully saturated rings. The van der Waals surface area contributed by atoms with E-state index in [0.29, 0.717) is 0 Å². The first-order valence-corrected chi connectivity index (χ1v) is 5.26. The minimum absolute atomic E-state index is 0.857. The van der Waals surface area contributed by atoms with E-state index in [9.17, 15) is 0 Å². The molecule has 0 aliphatic carbocycles. The third-order valence-electron chi connectivity index (χ3n) is 2.24. The maximum absolute atomic E-state index is 4.06. The number of anilines is 1. The van der Waals surface area contributed by atoms with Crippen LogP contribution in [0.5, 0.6) is 0 Å². The van der Waals surface area contributed by atoms with Gasteiger partial charge in [0.05, 0.1) is 11.9 Å². The SMILES string of the molecule is CN(Cc1ccccc1)Nc1cccnc1. The van der Waals surface area contributed by atoms with Crippen LogP contribution in [0, 0.1) is 0 Å². The van der Waals surface area contributed by atoms with Crippen molar-refractivity contribution in [3.63, 3.8) is 0 Å². The molecule has 0 bridgehead atoms. The molecule has 82 valence electrons. The van der Waals surface area contributed by atoms with Gasteiger partial charge in [-0.1, -0.05) is 30.3 Å². The molecule has 0 spiro atoms. The summed E-state index contributed by atoms with van der Waals surface area (Å²) in [6, 6.07) is 14.3. The van der Waals surface area contributed by atoms with Crippen molar-refractivity contribution in [2.24, 2.45) is 0 Å². The Labute approximate surface area is 95.7 Å². The van der Waals surface area contributed by atoms with Crippen molar-refractivity contribution in [3.05, 3.63) is 60.4 Å². The molecular formula is C13H15N3. The summed E-state index contributed by atoms with van der Waals surface area (Å²) in [7, 11) is 2.01. The Hall–Kier alpha value is -1.87. The van der Waals surface area contributed by atoms with Crippen LogP contribution in [0.2, 0.25) is 0 Å². The Kier molecular flexibility index (Phi) is 3.51. The van der Waals surface area contributed by atoms with Crippen LogP contribution in [-0.4, -0.2) is 17.0 Å². The second kappa shape index (κ2) is 5.28. The Balaban J connectivity index is 1.92. The molecule has 16 heavy (non-hydrogen) atoms. The fourth-order valence-corrected chi connectivity index (χ4v) is 1.55. The van der Waals surface area contributed by atoms with Crippen LogP contribution in [0.3, 0.4) is 0 Å². The topological polar surface area (TPSA) is 28.2 Å². The highest BCUT2D eigenvalue weighted by atomic mass is 15.5. The number of hydrogen-bond donors (Lipinski definition) is 1. The second-order valence-electron chi connectivity index (χ2n) is 3.70. The summed E-state index contributed by atoms with van der Waals surface area (Å²) in [5.74, 6) is 0. The number of benzene rings is 1. The highest BCUT2D eigenvalue weighted by Gasteiger charge is 1.99. The van der Waals surface area contributed by atoms with Crippen molar-refractivity contribution in [3.8, 4) is 0 Å². The molecule has 0 aliphatic rings. The predicted octanol–water partition coefficient (Wildman–Crippen LogP) is 2.54. The molecule has 0 atom stereocenters. The molecule has 1 aromatic carbocycles. The van der Waals surface area contributed by atoms with Gasteiger partial charge in [0.25, 0.3) is 0 Å². The number of nitrogens with one attached hydrogen (secondary N) is 1. The van der Waals surface area contributed by atoms with Crippen molar-refractivity contribution >= 4 is 5.69 Å². The molecule has 0 amide bonds. The maximum Gasteiger partial charge on any atom is 0.0673 e. The van der Waals surface area contributed by atoms with E-state index >= 15 is 0 Å². The number of pyridine rings is 1. The molecule has 0 unspecified atom stereocenters. The quantitative estimate of drug-likeness (QED) is 0.791. The average molecular weight is 213 g/mol. The Bertz CT molecular complexity index is 372. The lowest BCUT2D eigenvalue weighted by molar-refractivity contribution is 0.395. The van der Waals surface area contributed by atoms with Gasteiger partial charge in [-0.3, -0.25) is 4.98 Å². The minimum atomic E-state index is 0.857. The first kappa shape index (κ1) is 10.6. The minimum Gasteiger partial charge on any atom is -0.317 e. The van der Waals surface area contributed by atoms with Gasteiger partial charge in [-0.05, 0) is 17.7 Å². The second-order valence-corrected chi connectivity index (χ2v) is 3.70. The molecule has 0 aliphatic heterocycles. The molecule has 1 aromatic heterocycles. The van der Waals surface area contributed by atoms with E-state index in [-0.39, 0.29) is 0 Å². The van der Waals surface area contributed by atoms with Crippen LogP contribution < -0.4 is 5.43 Å². The van der Waals surface area contributed by atoms with Crippen LogP contribution in [0.15, 0.2) is 54.9 Å². The lowest BCUT2D eigenvalue weighted by atomic mass is 10.2. The van der Waals surface area contributed by atoms with Gasteiger partial charge in [0, 0.05) is 19.8 Å². The van der Waals surface area contributed by atoms with Crippen molar-refractivity contribution in [1.29, 1.82) is 0 Å². The normalized spacial score (nSPS) is 10.4. The first-order valence-electron chi connectivity index (χ1n) is 5.26. The summed E-state index contributed by atoms with van der Waals surface area (Å²) >= 11 is 0. The van der Waals surface area contributed by atoms with Crippen LogP contribution in [0.4, 0.5) is 5.69 Å². The summed E-state index contributed by atoms with van der Waals surface area (Å²) in [4.78, 5) is 4.06. The molecule has 0 saturated heterocycles. The van der Waals surface area contributed by atoms with Gasteiger partial charge >= 0.3 is 0 Å². The lowest BCUT2D eigenvalue weighted by Gasteiger charge is -2.18. The molecule has 1 heterocycles. The van der Waals surface area contributed by atoms with Crippen molar-refractivity contribution in [2.45, 2.75) is 6.54 Å². The molecule has 1 N–H and O–H groups in total. The van der Waals surface area contributed by atoms with E-state index in [1.54, 1.807) is 6.20 Å². The molecule has 3 nitrogen and oxygen atoms in total. The van der Waals surface area contributed by atoms with Gasteiger partial charge < -0.3 is 5.43 Å². The van der Waals surface area contributed by atoms with E-state index in [0.717, 1.165) is 12.2 Å². The lowest BCUT2D eigenvalue weighted by Crippen LogP contribution is -2.24. The smallest absolute Gasteiger partial charge is 0.0673 e. The standard InChI is InChI=1S/C13H15N3/c1-16(11-12-6-3-2-4-7-12)15-13-8-5-9-14-10-13/h2-10,15H,11H2,1H3. The molecule has 0 radical (unpaired) electrons. The summed E-state index contributed by atoms with van der Waals surface area (Å²) in [6.07, 6.45) is 3.57. The zero-order valence-electron chi connectivity index (χ0n) is 9.30. The van der Waals surface area contributed by atoms with Crippen molar-refractivity contribution < 1.29 is 0 Å². The maximum atomic E-state index is 4.06. The summed E-state index contributed by atoms with van der Waals surface area (Å²) in [5.41, 5.74) is 5.54. The van der Waals surface area contributed by atoms with Gasteiger partial charge in [0.2, 0.25) is 0 Å². The summed E-state index contributed by atoms with van der Waals surface area (Å²) < 4.78 is 0. The van der Waals surface area contributed by atoms with Gasteiger partial charge in [-0.2, -0.15) is 0 Å². The number of aromatic nitrogens is 1. The van der Waals surface area contributed by atoms with Crippen LogP contribution in [0.25, 0.3) is 0 Å². The number of rotatable bonds is 4. The number of hydrogen-bond acceptors (Lipinski definition) is 3. The van der Waals surface area contributed by atoms with Crippen molar-refractivity contribution in [1.82, 2.24) is 9.99 Å². The largest absolute Gasteiger partial charge is 0.317 e. The zero-order valence-corrected chi connectivity index (χ0v) is 9.30. The highest BCUT2D eigenvalue weighted by molar-refractivity contribution is 5.38. The van der Waals surface area contributed by atoms with Crippen LogP contribution in [-0.2, 0) is 6.54 Å². The van der Waals surface area contributed by atoms with E-state index in [2.05, 4.69) is 22.5 Å². The van der Waals surface area contributed by atoms with E-state index < -0.39 is 0 Å². The molecule has 2 aromatic rings. The predicted molar refractivity (Wildman–Crippen MR) is 65.8 cm³/mol. The monoisotopic (exact) mass is 213 g/mol. The number of hydrazine groups is 1. The summed E-state index contributed by atoms with van der Waals surface area (Å²) in [5, 5.41) is 2.03. The third kappa shape index (κ3) is 3.07. The molecule has 2 rings (SSSR count). The fourth-order valence-electron chi connectivity index (χ4n) is 1.55. The average Bonchev–Trinajstić information content (AvgIpc) is 2.31. The third-order valence-corrected chi connectivity index (χ3v) is 2.24. The first-order chi connectivity index (χ1) is 7.84. The van der Waals surface area contributed by atoms with Gasteiger partial charge in [0.1, 0.15) is 0 Å². The molecule has 0 saturated carbocycles.